The number of aromatic hydroxyl groups is 1. The quantitative estimate of drug-likeness (QED) is 0.804. The smallest absolute Gasteiger partial charge is 0.258 e. The van der Waals surface area contributed by atoms with Gasteiger partial charge in [-0.05, 0) is 24.3 Å². The Kier molecular flexibility index (Phi) is 3.18. The zero-order valence-electron chi connectivity index (χ0n) is 9.02. The van der Waals surface area contributed by atoms with Gasteiger partial charge >= 0.3 is 0 Å². The van der Waals surface area contributed by atoms with Crippen molar-refractivity contribution in [1.29, 1.82) is 0 Å². The van der Waals surface area contributed by atoms with Crippen LogP contribution >= 0.6 is 0 Å². The SMILES string of the molecule is O=C(Nc1ccc(F)nc1)c1ccc(O)cc1F. The Morgan fingerprint density at radius 2 is 2.00 bits per heavy atom. The van der Waals surface area contributed by atoms with E-state index in [9.17, 15) is 13.6 Å². The highest BCUT2D eigenvalue weighted by atomic mass is 19.1. The lowest BCUT2D eigenvalue weighted by atomic mass is 10.2. The third-order valence-corrected chi connectivity index (χ3v) is 2.18. The fourth-order valence-corrected chi connectivity index (χ4v) is 1.34. The summed E-state index contributed by atoms with van der Waals surface area (Å²) in [6.07, 6.45) is 1.12. The van der Waals surface area contributed by atoms with Crippen molar-refractivity contribution in [1.82, 2.24) is 4.98 Å². The highest BCUT2D eigenvalue weighted by Crippen LogP contribution is 2.16. The van der Waals surface area contributed by atoms with Crippen molar-refractivity contribution in [3.63, 3.8) is 0 Å². The van der Waals surface area contributed by atoms with Gasteiger partial charge < -0.3 is 10.4 Å². The van der Waals surface area contributed by atoms with Crippen molar-refractivity contribution in [2.24, 2.45) is 0 Å². The maximum absolute atomic E-state index is 13.4. The molecule has 1 amide bonds. The van der Waals surface area contributed by atoms with Gasteiger partial charge in [0.25, 0.3) is 5.91 Å². The Bertz CT molecular complexity index is 585. The van der Waals surface area contributed by atoms with Gasteiger partial charge in [0.2, 0.25) is 5.95 Å². The highest BCUT2D eigenvalue weighted by molar-refractivity contribution is 6.04. The summed E-state index contributed by atoms with van der Waals surface area (Å²) >= 11 is 0. The lowest BCUT2D eigenvalue weighted by Gasteiger charge is -2.05. The van der Waals surface area contributed by atoms with Gasteiger partial charge in [0, 0.05) is 6.07 Å². The molecule has 2 aromatic rings. The topological polar surface area (TPSA) is 62.2 Å². The van der Waals surface area contributed by atoms with Crippen LogP contribution in [0.5, 0.6) is 5.75 Å². The standard InChI is InChI=1S/C12H8F2N2O2/c13-10-5-8(17)2-3-9(10)12(18)16-7-1-4-11(14)15-6-7/h1-6,17H,(H,16,18). The van der Waals surface area contributed by atoms with Crippen LogP contribution in [0.3, 0.4) is 0 Å². The van der Waals surface area contributed by atoms with Crippen LogP contribution in [-0.4, -0.2) is 16.0 Å². The minimum atomic E-state index is -0.845. The van der Waals surface area contributed by atoms with Gasteiger partial charge in [-0.3, -0.25) is 4.79 Å². The van der Waals surface area contributed by atoms with Crippen LogP contribution in [-0.2, 0) is 0 Å². The molecule has 0 spiro atoms. The molecule has 0 fully saturated rings. The number of carbonyl (C=O) groups is 1. The summed E-state index contributed by atoms with van der Waals surface area (Å²) in [5.41, 5.74) is 0.0194. The molecule has 0 aliphatic carbocycles. The lowest BCUT2D eigenvalue weighted by Crippen LogP contribution is -2.13. The number of hydrogen-bond acceptors (Lipinski definition) is 3. The summed E-state index contributed by atoms with van der Waals surface area (Å²) in [6, 6.07) is 5.55. The molecule has 18 heavy (non-hydrogen) atoms. The predicted molar refractivity (Wildman–Crippen MR) is 60.2 cm³/mol. The Labute approximate surface area is 101 Å². The van der Waals surface area contributed by atoms with E-state index < -0.39 is 17.7 Å². The molecule has 1 aromatic heterocycles. The molecular formula is C12H8F2N2O2. The normalized spacial score (nSPS) is 10.1. The average molecular weight is 250 g/mol. The van der Waals surface area contributed by atoms with E-state index >= 15 is 0 Å². The number of aromatic nitrogens is 1. The molecule has 0 unspecified atom stereocenters. The Balaban J connectivity index is 2.19. The second-order valence-electron chi connectivity index (χ2n) is 3.49. The average Bonchev–Trinajstić information content (AvgIpc) is 2.32. The van der Waals surface area contributed by atoms with E-state index in [1.807, 2.05) is 0 Å². The van der Waals surface area contributed by atoms with E-state index in [4.69, 9.17) is 5.11 Å². The Morgan fingerprint density at radius 3 is 2.61 bits per heavy atom. The molecule has 2 N–H and O–H groups in total. The molecule has 0 aliphatic rings. The van der Waals surface area contributed by atoms with Gasteiger partial charge in [-0.1, -0.05) is 0 Å². The molecule has 1 aromatic carbocycles. The summed E-state index contributed by atoms with van der Waals surface area (Å²) in [6.45, 7) is 0. The number of hydrogen-bond donors (Lipinski definition) is 2. The maximum Gasteiger partial charge on any atom is 0.258 e. The van der Waals surface area contributed by atoms with Gasteiger partial charge in [-0.15, -0.1) is 0 Å². The molecule has 0 atom stereocenters. The van der Waals surface area contributed by atoms with Gasteiger partial charge in [0.05, 0.1) is 17.4 Å². The zero-order chi connectivity index (χ0) is 13.1. The molecule has 0 bridgehead atoms. The van der Waals surface area contributed by atoms with E-state index in [0.29, 0.717) is 0 Å². The maximum atomic E-state index is 13.4. The third-order valence-electron chi connectivity index (χ3n) is 2.18. The molecule has 1 heterocycles. The number of pyridine rings is 1. The largest absolute Gasteiger partial charge is 0.508 e. The van der Waals surface area contributed by atoms with Gasteiger partial charge in [-0.2, -0.15) is 4.39 Å². The number of amides is 1. The minimum absolute atomic E-state index is 0.225. The fraction of sp³-hybridized carbons (Fsp3) is 0. The van der Waals surface area contributed by atoms with E-state index in [1.54, 1.807) is 0 Å². The molecule has 6 heteroatoms. The molecule has 0 radical (unpaired) electrons. The number of phenols is 1. The van der Waals surface area contributed by atoms with E-state index in [1.165, 1.54) is 12.1 Å². The van der Waals surface area contributed by atoms with Crippen molar-refractivity contribution in [2.75, 3.05) is 5.32 Å². The summed E-state index contributed by atoms with van der Waals surface area (Å²) in [5, 5.41) is 11.4. The molecule has 4 nitrogen and oxygen atoms in total. The number of rotatable bonds is 2. The Morgan fingerprint density at radius 1 is 1.22 bits per heavy atom. The first-order chi connectivity index (χ1) is 8.56. The second-order valence-corrected chi connectivity index (χ2v) is 3.49. The van der Waals surface area contributed by atoms with Crippen LogP contribution in [0.25, 0.3) is 0 Å². The molecular weight excluding hydrogens is 242 g/mol. The summed E-state index contributed by atoms with van der Waals surface area (Å²) in [5.74, 6) is -2.50. The van der Waals surface area contributed by atoms with Crippen LogP contribution in [0.15, 0.2) is 36.5 Å². The Hall–Kier alpha value is -2.50. The predicted octanol–water partition coefficient (Wildman–Crippen LogP) is 2.32. The minimum Gasteiger partial charge on any atom is -0.508 e. The van der Waals surface area contributed by atoms with Crippen molar-refractivity contribution in [2.45, 2.75) is 0 Å². The zero-order valence-corrected chi connectivity index (χ0v) is 9.02. The van der Waals surface area contributed by atoms with Crippen LogP contribution < -0.4 is 5.32 Å². The molecule has 92 valence electrons. The van der Waals surface area contributed by atoms with Crippen molar-refractivity contribution < 1.29 is 18.7 Å². The van der Waals surface area contributed by atoms with Crippen LogP contribution in [0.4, 0.5) is 14.5 Å². The van der Waals surface area contributed by atoms with Crippen LogP contribution in [0.2, 0.25) is 0 Å². The summed E-state index contributed by atoms with van der Waals surface area (Å²) in [4.78, 5) is 15.0. The van der Waals surface area contributed by atoms with Crippen molar-refractivity contribution >= 4 is 11.6 Å². The molecule has 0 aliphatic heterocycles. The van der Waals surface area contributed by atoms with E-state index in [2.05, 4.69) is 10.3 Å². The number of benzene rings is 1. The second kappa shape index (κ2) is 4.79. The first-order valence-electron chi connectivity index (χ1n) is 4.97. The van der Waals surface area contributed by atoms with E-state index in [-0.39, 0.29) is 17.0 Å². The van der Waals surface area contributed by atoms with Crippen LogP contribution in [0.1, 0.15) is 10.4 Å². The van der Waals surface area contributed by atoms with Crippen LogP contribution in [0, 0.1) is 11.8 Å². The molecule has 0 saturated heterocycles. The monoisotopic (exact) mass is 250 g/mol. The number of nitrogens with zero attached hydrogens (tertiary/aromatic N) is 1. The first-order valence-corrected chi connectivity index (χ1v) is 4.97. The van der Waals surface area contributed by atoms with Gasteiger partial charge in [-0.25, -0.2) is 9.37 Å². The van der Waals surface area contributed by atoms with Crippen molar-refractivity contribution in [3.8, 4) is 5.75 Å². The number of anilines is 1. The molecule has 2 rings (SSSR count). The fourth-order valence-electron chi connectivity index (χ4n) is 1.34. The number of halogens is 2. The number of carbonyl (C=O) groups excluding carboxylic acids is 1. The van der Waals surface area contributed by atoms with Gasteiger partial charge in [0.15, 0.2) is 0 Å². The first kappa shape index (κ1) is 12.0. The number of nitrogens with one attached hydrogen (secondary N) is 1. The van der Waals surface area contributed by atoms with Crippen molar-refractivity contribution in [3.05, 3.63) is 53.9 Å². The number of phenolic OH excluding ortho intramolecular Hbond substituents is 1. The molecule has 0 saturated carbocycles. The lowest BCUT2D eigenvalue weighted by molar-refractivity contribution is 0.102. The van der Waals surface area contributed by atoms with E-state index in [0.717, 1.165) is 24.4 Å². The van der Waals surface area contributed by atoms with Gasteiger partial charge in [0.1, 0.15) is 11.6 Å². The summed E-state index contributed by atoms with van der Waals surface area (Å²) < 4.78 is 25.9. The summed E-state index contributed by atoms with van der Waals surface area (Å²) in [7, 11) is 0. The third kappa shape index (κ3) is 2.60. The highest BCUT2D eigenvalue weighted by Gasteiger charge is 2.12.